The summed E-state index contributed by atoms with van der Waals surface area (Å²) in [5.74, 6) is 5.44. The Hall–Kier alpha value is -3.57. The maximum absolute atomic E-state index is 8.44. The molecule has 0 amide bonds. The van der Waals surface area contributed by atoms with Gasteiger partial charge < -0.3 is 9.40 Å². The molecule has 0 atom stereocenters. The summed E-state index contributed by atoms with van der Waals surface area (Å²) < 4.78 is 40.6. The summed E-state index contributed by atoms with van der Waals surface area (Å²) in [5.41, 5.74) is 6.05. The van der Waals surface area contributed by atoms with Crippen molar-refractivity contribution in [2.45, 2.75) is 56.8 Å². The third-order valence-electron chi connectivity index (χ3n) is 7.98. The van der Waals surface area contributed by atoms with Gasteiger partial charge in [0.2, 0.25) is 0 Å². The van der Waals surface area contributed by atoms with Crippen LogP contribution in [0.3, 0.4) is 0 Å². The molecule has 0 saturated heterocycles. The second kappa shape index (κ2) is 14.0. The molecule has 0 saturated carbocycles. The molecular formula is C41H40GeIrN2O-2. The van der Waals surface area contributed by atoms with Crippen LogP contribution < -0.4 is 4.40 Å². The first-order valence-corrected chi connectivity index (χ1v) is 22.6. The van der Waals surface area contributed by atoms with Crippen LogP contribution in [0.4, 0.5) is 0 Å². The quantitative estimate of drug-likeness (QED) is 0.128. The van der Waals surface area contributed by atoms with E-state index in [1.807, 2.05) is 74.6 Å². The molecule has 46 heavy (non-hydrogen) atoms. The van der Waals surface area contributed by atoms with Gasteiger partial charge in [-0.25, -0.2) is 0 Å². The van der Waals surface area contributed by atoms with Crippen molar-refractivity contribution in [3.63, 3.8) is 0 Å². The molecule has 5 heteroatoms. The van der Waals surface area contributed by atoms with Crippen molar-refractivity contribution in [2.24, 2.45) is 0 Å². The van der Waals surface area contributed by atoms with Gasteiger partial charge >= 0.3 is 120 Å². The molecule has 1 radical (unpaired) electrons. The fraction of sp³-hybridized carbons (Fsp3) is 0.220. The average Bonchev–Trinajstić information content (AvgIpc) is 3.41. The van der Waals surface area contributed by atoms with Crippen LogP contribution in [0.2, 0.25) is 17.3 Å². The Balaban J connectivity index is 0.000000204. The number of furan rings is 1. The zero-order valence-corrected chi connectivity index (χ0v) is 31.8. The van der Waals surface area contributed by atoms with Gasteiger partial charge in [-0.2, -0.15) is 0 Å². The van der Waals surface area contributed by atoms with E-state index in [0.717, 1.165) is 43.9 Å². The van der Waals surface area contributed by atoms with Crippen LogP contribution in [-0.2, 0) is 20.1 Å². The minimum atomic E-state index is -2.03. The van der Waals surface area contributed by atoms with E-state index in [2.05, 4.69) is 63.6 Å². The van der Waals surface area contributed by atoms with E-state index in [4.69, 9.17) is 9.90 Å². The van der Waals surface area contributed by atoms with E-state index in [1.54, 1.807) is 19.9 Å². The van der Waals surface area contributed by atoms with Gasteiger partial charge in [0, 0.05) is 33.0 Å². The summed E-state index contributed by atoms with van der Waals surface area (Å²) in [6, 6.07) is 34.1. The second-order valence-electron chi connectivity index (χ2n) is 12.8. The van der Waals surface area contributed by atoms with Crippen molar-refractivity contribution in [2.75, 3.05) is 0 Å². The molecule has 0 aliphatic heterocycles. The monoisotopic (exact) mass is 847 g/mol. The molecule has 3 nitrogen and oxygen atoms in total. The molecule has 3 aromatic heterocycles. The third-order valence-corrected chi connectivity index (χ3v) is 12.2. The number of aromatic nitrogens is 2. The van der Waals surface area contributed by atoms with Crippen LogP contribution in [-0.4, -0.2) is 23.2 Å². The predicted octanol–water partition coefficient (Wildman–Crippen LogP) is 10.9. The van der Waals surface area contributed by atoms with Gasteiger partial charge in [-0.15, -0.1) is 18.2 Å². The van der Waals surface area contributed by atoms with Crippen LogP contribution in [0.5, 0.6) is 0 Å². The van der Waals surface area contributed by atoms with Crippen LogP contribution in [0, 0.1) is 12.1 Å². The van der Waals surface area contributed by atoms with Gasteiger partial charge in [-0.05, 0) is 40.5 Å². The Kier molecular flexibility index (Phi) is 8.75. The van der Waals surface area contributed by atoms with Gasteiger partial charge in [0.1, 0.15) is 5.58 Å². The van der Waals surface area contributed by atoms with Crippen LogP contribution >= 0.6 is 0 Å². The van der Waals surface area contributed by atoms with Gasteiger partial charge in [0.15, 0.2) is 0 Å². The summed E-state index contributed by atoms with van der Waals surface area (Å²) in [6.07, 6.45) is 1.85. The van der Waals surface area contributed by atoms with Crippen molar-refractivity contribution in [3.8, 4) is 22.5 Å². The minimum Gasteiger partial charge on any atom is -0.501 e. The number of nitrogens with zero attached hydrogens (tertiary/aromatic N) is 2. The largest absolute Gasteiger partial charge is 0.501 e. The van der Waals surface area contributed by atoms with Crippen molar-refractivity contribution in [1.29, 1.82) is 0 Å². The number of hydrogen-bond donors (Lipinski definition) is 0. The smallest absolute Gasteiger partial charge is 0.121 e. The Bertz CT molecular complexity index is 2320. The molecule has 7 aromatic rings. The first-order chi connectivity index (χ1) is 23.0. The second-order valence-corrected chi connectivity index (χ2v) is 23.4. The van der Waals surface area contributed by atoms with Gasteiger partial charge in [0.25, 0.3) is 0 Å². The number of benzene rings is 4. The third kappa shape index (κ3) is 7.05. The fourth-order valence-corrected chi connectivity index (χ4v) is 8.85. The van der Waals surface area contributed by atoms with Crippen molar-refractivity contribution in [1.82, 2.24) is 9.97 Å². The maximum Gasteiger partial charge on any atom is 0.121 e. The summed E-state index contributed by atoms with van der Waals surface area (Å²) in [6.45, 7) is 7.33. The van der Waals surface area contributed by atoms with Crippen LogP contribution in [0.15, 0.2) is 108 Å². The molecule has 0 unspecified atom stereocenters. The molecule has 235 valence electrons. The zero-order chi connectivity index (χ0) is 35.3. The van der Waals surface area contributed by atoms with Crippen LogP contribution in [0.1, 0.15) is 56.1 Å². The van der Waals surface area contributed by atoms with Gasteiger partial charge in [0.05, 0.1) is 8.32 Å². The number of pyridine rings is 2. The molecule has 0 aliphatic carbocycles. The normalized spacial score (nSPS) is 13.3. The fourth-order valence-electron chi connectivity index (χ4n) is 5.53. The van der Waals surface area contributed by atoms with E-state index in [9.17, 15) is 0 Å². The topological polar surface area (TPSA) is 38.9 Å². The van der Waals surface area contributed by atoms with Gasteiger partial charge in [-0.1, -0.05) is 60.7 Å². The molecule has 0 spiro atoms. The van der Waals surface area contributed by atoms with Crippen molar-refractivity contribution < 1.29 is 30.0 Å². The standard InChI is InChI=1S/C24H18NO.C17H22GeN.Ir/c1-15(2)16-10-11-25-22(13-16)20-9-5-8-19-21-12-17-6-3-4-7-18(17)14-23(21)26-24(19)20;1-13(2)15-11-17(14-9-7-6-8-10-14)19-12-16(15)18(3,4)5;/h3-8,10-15H,1-2H3;6-9,11-13H,1-5H3;/q2*-1;/i10D,11D,15D;13D;. The Morgan fingerprint density at radius 2 is 1.52 bits per heavy atom. The molecule has 0 fully saturated rings. The Morgan fingerprint density at radius 3 is 2.20 bits per heavy atom. The SMILES string of the molecule is [2H]C(C)(C)c1cc(-c2[c-]cccc2)nc[c]1[Ge]([CH3])([CH3])[CH3].[2H]c1nc(-c2[c-]ccc3c2oc2cc4ccccc4cc23)cc(C([2H])(C)C)c1[2H].[Ir]. The maximum atomic E-state index is 8.44. The van der Waals surface area contributed by atoms with E-state index in [-0.39, 0.29) is 32.3 Å². The number of hydrogen-bond acceptors (Lipinski definition) is 3. The molecule has 3 heterocycles. The summed E-state index contributed by atoms with van der Waals surface area (Å²) in [5, 5.41) is 4.21. The molecular weight excluding hydrogens is 801 g/mol. The Labute approximate surface area is 294 Å². The minimum absolute atomic E-state index is 0. The van der Waals surface area contributed by atoms with E-state index in [0.29, 0.717) is 22.4 Å². The molecule has 0 aliphatic rings. The predicted molar refractivity (Wildman–Crippen MR) is 193 cm³/mol. The summed E-state index contributed by atoms with van der Waals surface area (Å²) in [4.78, 5) is 8.92. The molecule has 0 N–H and O–H groups in total. The molecule has 4 aromatic carbocycles. The van der Waals surface area contributed by atoms with Crippen molar-refractivity contribution >= 4 is 50.4 Å². The molecule has 0 bridgehead atoms. The molecule has 7 rings (SSSR count). The van der Waals surface area contributed by atoms with Crippen molar-refractivity contribution in [3.05, 3.63) is 127 Å². The number of rotatable bonds is 5. The first kappa shape index (κ1) is 28.6. The van der Waals surface area contributed by atoms with Crippen LogP contribution in [0.25, 0.3) is 55.2 Å². The first-order valence-electron chi connectivity index (χ1n) is 17.3. The van der Waals surface area contributed by atoms with Gasteiger partial charge in [-0.3, -0.25) is 0 Å². The Morgan fingerprint density at radius 1 is 0.783 bits per heavy atom. The van der Waals surface area contributed by atoms with E-state index in [1.165, 1.54) is 4.40 Å². The van der Waals surface area contributed by atoms with E-state index < -0.39 is 25.1 Å². The zero-order valence-electron chi connectivity index (χ0n) is 31.3. The summed E-state index contributed by atoms with van der Waals surface area (Å²) >= 11 is -2.03. The number of fused-ring (bicyclic) bond motifs is 4. The average molecular weight is 846 g/mol. The summed E-state index contributed by atoms with van der Waals surface area (Å²) in [7, 11) is 0. The van der Waals surface area contributed by atoms with E-state index >= 15 is 0 Å².